The zero-order chi connectivity index (χ0) is 16.7. The van der Waals surface area contributed by atoms with Crippen LogP contribution in [0.25, 0.3) is 10.9 Å². The summed E-state index contributed by atoms with van der Waals surface area (Å²) < 4.78 is 2.22. The number of amides is 2. The highest BCUT2D eigenvalue weighted by Gasteiger charge is 2.42. The lowest BCUT2D eigenvalue weighted by Gasteiger charge is -2.34. The second-order valence-corrected chi connectivity index (χ2v) is 6.95. The number of Topliss-reactive ketones (excluding diaryl/α,β-unsaturated/α-hetero) is 1. The van der Waals surface area contributed by atoms with Crippen LogP contribution in [0.4, 0.5) is 10.5 Å². The average Bonchev–Trinajstić information content (AvgIpc) is 3.07. The fourth-order valence-corrected chi connectivity index (χ4v) is 4.19. The summed E-state index contributed by atoms with van der Waals surface area (Å²) in [7, 11) is 0. The molecular formula is C19H23N3O2. The molecule has 1 aromatic carbocycles. The van der Waals surface area contributed by atoms with Crippen LogP contribution in [0, 0.1) is 0 Å². The minimum absolute atomic E-state index is 0.0667. The van der Waals surface area contributed by atoms with E-state index in [1.165, 1.54) is 5.39 Å². The van der Waals surface area contributed by atoms with Crippen molar-refractivity contribution in [3.05, 3.63) is 30.5 Å². The molecule has 0 radical (unpaired) electrons. The first-order chi connectivity index (χ1) is 11.7. The number of fused-ring (bicyclic) bond motifs is 3. The predicted molar refractivity (Wildman–Crippen MR) is 94.1 cm³/mol. The number of urea groups is 1. The van der Waals surface area contributed by atoms with Crippen LogP contribution < -0.4 is 5.32 Å². The van der Waals surface area contributed by atoms with E-state index in [1.54, 1.807) is 0 Å². The molecule has 2 saturated heterocycles. The Morgan fingerprint density at radius 1 is 1.21 bits per heavy atom. The Balaban J connectivity index is 1.54. The van der Waals surface area contributed by atoms with Crippen molar-refractivity contribution in [3.8, 4) is 0 Å². The number of aryl methyl sites for hydroxylation is 1. The van der Waals surface area contributed by atoms with Crippen LogP contribution in [0.3, 0.4) is 0 Å². The number of anilines is 1. The molecule has 5 nitrogen and oxygen atoms in total. The van der Waals surface area contributed by atoms with E-state index in [0.717, 1.165) is 37.0 Å². The second kappa shape index (κ2) is 5.96. The average molecular weight is 325 g/mol. The summed E-state index contributed by atoms with van der Waals surface area (Å²) in [5, 5.41) is 4.23. The Kier molecular flexibility index (Phi) is 3.79. The lowest BCUT2D eigenvalue weighted by atomic mass is 10.0. The number of nitrogens with zero attached hydrogens (tertiary/aromatic N) is 2. The van der Waals surface area contributed by atoms with Crippen molar-refractivity contribution >= 4 is 28.4 Å². The first-order valence-corrected chi connectivity index (χ1v) is 8.85. The van der Waals surface area contributed by atoms with Crippen molar-refractivity contribution < 1.29 is 9.59 Å². The normalized spacial score (nSPS) is 23.0. The van der Waals surface area contributed by atoms with E-state index in [4.69, 9.17) is 0 Å². The van der Waals surface area contributed by atoms with Gasteiger partial charge in [-0.3, -0.25) is 4.79 Å². The monoisotopic (exact) mass is 325 g/mol. The smallest absolute Gasteiger partial charge is 0.322 e. The summed E-state index contributed by atoms with van der Waals surface area (Å²) in [6, 6.07) is 8.25. The third-order valence-corrected chi connectivity index (χ3v) is 5.27. The van der Waals surface area contributed by atoms with Crippen molar-refractivity contribution in [2.24, 2.45) is 0 Å². The first-order valence-electron chi connectivity index (χ1n) is 8.85. The van der Waals surface area contributed by atoms with Gasteiger partial charge in [0.05, 0.1) is 5.52 Å². The van der Waals surface area contributed by atoms with Crippen LogP contribution in [0.15, 0.2) is 30.5 Å². The molecule has 2 aliphatic heterocycles. The first kappa shape index (κ1) is 15.2. The van der Waals surface area contributed by atoms with E-state index in [2.05, 4.69) is 29.1 Å². The third kappa shape index (κ3) is 2.58. The van der Waals surface area contributed by atoms with Crippen LogP contribution in [0.5, 0.6) is 0 Å². The molecule has 1 N–H and O–H groups in total. The van der Waals surface area contributed by atoms with Gasteiger partial charge in [-0.25, -0.2) is 4.79 Å². The van der Waals surface area contributed by atoms with Crippen LogP contribution in [-0.2, 0) is 11.3 Å². The van der Waals surface area contributed by atoms with E-state index in [-0.39, 0.29) is 18.1 Å². The number of carbonyl (C=O) groups excluding carboxylic acids is 2. The number of ketones is 1. The van der Waals surface area contributed by atoms with Crippen molar-refractivity contribution in [1.29, 1.82) is 0 Å². The summed E-state index contributed by atoms with van der Waals surface area (Å²) in [6.45, 7) is 3.13. The van der Waals surface area contributed by atoms with Crippen molar-refractivity contribution in [3.63, 3.8) is 0 Å². The molecule has 0 spiro atoms. The summed E-state index contributed by atoms with van der Waals surface area (Å²) in [5.41, 5.74) is 1.96. The van der Waals surface area contributed by atoms with E-state index in [1.807, 2.05) is 23.1 Å². The minimum Gasteiger partial charge on any atom is -0.347 e. The largest absolute Gasteiger partial charge is 0.347 e. The molecule has 4 rings (SSSR count). The highest BCUT2D eigenvalue weighted by Crippen LogP contribution is 2.34. The summed E-state index contributed by atoms with van der Waals surface area (Å²) >= 11 is 0. The molecule has 2 amide bonds. The van der Waals surface area contributed by atoms with Gasteiger partial charge in [-0.05, 0) is 42.8 Å². The molecule has 5 heteroatoms. The number of aromatic nitrogens is 1. The van der Waals surface area contributed by atoms with E-state index < -0.39 is 0 Å². The van der Waals surface area contributed by atoms with Gasteiger partial charge in [0.25, 0.3) is 0 Å². The maximum absolute atomic E-state index is 12.7. The minimum atomic E-state index is -0.0667. The van der Waals surface area contributed by atoms with Gasteiger partial charge in [0.1, 0.15) is 5.78 Å². The van der Waals surface area contributed by atoms with Gasteiger partial charge < -0.3 is 14.8 Å². The molecule has 0 aliphatic carbocycles. The zero-order valence-corrected chi connectivity index (χ0v) is 14.0. The molecule has 2 atom stereocenters. The van der Waals surface area contributed by atoms with Gasteiger partial charge >= 0.3 is 6.03 Å². The van der Waals surface area contributed by atoms with E-state index in [9.17, 15) is 9.59 Å². The maximum Gasteiger partial charge on any atom is 0.322 e. The fourth-order valence-electron chi connectivity index (χ4n) is 4.19. The molecule has 0 saturated carbocycles. The topological polar surface area (TPSA) is 54.3 Å². The Labute approximate surface area is 141 Å². The molecular weight excluding hydrogens is 302 g/mol. The van der Waals surface area contributed by atoms with Gasteiger partial charge in [-0.2, -0.15) is 0 Å². The van der Waals surface area contributed by atoms with Crippen LogP contribution in [0.2, 0.25) is 0 Å². The quantitative estimate of drug-likeness (QED) is 0.933. The van der Waals surface area contributed by atoms with Crippen LogP contribution >= 0.6 is 0 Å². The number of benzene rings is 1. The molecule has 2 fully saturated rings. The molecule has 126 valence electrons. The Bertz CT molecular complexity index is 779. The lowest BCUT2D eigenvalue weighted by Crippen LogP contribution is -2.48. The molecule has 0 unspecified atom stereocenters. The van der Waals surface area contributed by atoms with Gasteiger partial charge in [-0.15, -0.1) is 0 Å². The van der Waals surface area contributed by atoms with Gasteiger partial charge in [0.2, 0.25) is 0 Å². The molecule has 24 heavy (non-hydrogen) atoms. The number of hydrogen-bond donors (Lipinski definition) is 1. The van der Waals surface area contributed by atoms with E-state index in [0.29, 0.717) is 18.6 Å². The number of piperidine rings is 1. The fraction of sp³-hybridized carbons (Fsp3) is 0.474. The maximum atomic E-state index is 12.7. The molecule has 1 aromatic heterocycles. The summed E-state index contributed by atoms with van der Waals surface area (Å²) in [4.78, 5) is 26.3. The summed E-state index contributed by atoms with van der Waals surface area (Å²) in [5.74, 6) is 0.297. The van der Waals surface area contributed by atoms with Gasteiger partial charge in [-0.1, -0.05) is 13.0 Å². The lowest BCUT2D eigenvalue weighted by molar-refractivity contribution is -0.122. The zero-order valence-electron chi connectivity index (χ0n) is 14.0. The Morgan fingerprint density at radius 3 is 2.67 bits per heavy atom. The predicted octanol–water partition coefficient (Wildman–Crippen LogP) is 3.78. The Hall–Kier alpha value is -2.30. The van der Waals surface area contributed by atoms with Crippen LogP contribution in [-0.4, -0.2) is 33.4 Å². The highest BCUT2D eigenvalue weighted by molar-refractivity contribution is 5.94. The SMILES string of the molecule is CCCn1ccc2ccc(NC(=O)N3[C@H]4CC[C@H]3CC(=O)C4)cc21. The molecule has 3 heterocycles. The number of hydrogen-bond acceptors (Lipinski definition) is 2. The van der Waals surface area contributed by atoms with Crippen molar-refractivity contribution in [2.75, 3.05) is 5.32 Å². The van der Waals surface area contributed by atoms with Crippen molar-refractivity contribution in [2.45, 2.75) is 57.7 Å². The highest BCUT2D eigenvalue weighted by atomic mass is 16.2. The number of carbonyl (C=O) groups is 2. The second-order valence-electron chi connectivity index (χ2n) is 6.95. The molecule has 2 aromatic rings. The standard InChI is InChI=1S/C19H23N3O2/c1-2-8-21-9-7-13-3-4-14(10-18(13)21)20-19(24)22-15-5-6-16(22)12-17(23)11-15/h3-4,7,9-10,15-16H,2,5-6,8,11-12H2,1H3,(H,20,24)/t15-,16-/m0/s1. The number of nitrogens with one attached hydrogen (secondary N) is 1. The molecule has 2 aliphatic rings. The number of rotatable bonds is 3. The Morgan fingerprint density at radius 2 is 1.96 bits per heavy atom. The van der Waals surface area contributed by atoms with Gasteiger partial charge in [0, 0.05) is 43.4 Å². The van der Waals surface area contributed by atoms with E-state index >= 15 is 0 Å². The van der Waals surface area contributed by atoms with Crippen LogP contribution in [0.1, 0.15) is 39.0 Å². The summed E-state index contributed by atoms with van der Waals surface area (Å²) in [6.07, 6.45) is 6.09. The van der Waals surface area contributed by atoms with Gasteiger partial charge in [0.15, 0.2) is 0 Å². The van der Waals surface area contributed by atoms with Crippen molar-refractivity contribution in [1.82, 2.24) is 9.47 Å². The molecule has 2 bridgehead atoms. The third-order valence-electron chi connectivity index (χ3n) is 5.27.